The van der Waals surface area contributed by atoms with Gasteiger partial charge in [0.2, 0.25) is 5.90 Å². The maximum absolute atomic E-state index is 12.2. The van der Waals surface area contributed by atoms with Gasteiger partial charge in [0.25, 0.3) is 0 Å². The van der Waals surface area contributed by atoms with Crippen molar-refractivity contribution in [2.24, 2.45) is 4.99 Å². The standard InChI is InChI=1S/C21H23NO5/c1-14(26-13-15-7-5-4-6-8-15)19-18(21(23)25-3)22-20(27-19)16-9-11-17(24-2)12-10-16/h4-12,14,18-19H,13H2,1-3H3/t14-,18-,19-/m0/s1. The second-order valence-corrected chi connectivity index (χ2v) is 6.21. The summed E-state index contributed by atoms with van der Waals surface area (Å²) in [6, 6.07) is 16.4. The molecule has 0 amide bonds. The van der Waals surface area contributed by atoms with Crippen molar-refractivity contribution >= 4 is 11.9 Å². The molecule has 1 heterocycles. The summed E-state index contributed by atoms with van der Waals surface area (Å²) in [4.78, 5) is 16.6. The molecule has 0 fully saturated rings. The molecule has 0 spiro atoms. The lowest BCUT2D eigenvalue weighted by molar-refractivity contribution is -0.146. The number of methoxy groups -OCH3 is 2. The van der Waals surface area contributed by atoms with Gasteiger partial charge < -0.3 is 18.9 Å². The fourth-order valence-electron chi connectivity index (χ4n) is 2.86. The van der Waals surface area contributed by atoms with Gasteiger partial charge in [0.05, 0.1) is 26.9 Å². The highest BCUT2D eigenvalue weighted by Gasteiger charge is 2.41. The van der Waals surface area contributed by atoms with Gasteiger partial charge >= 0.3 is 5.97 Å². The van der Waals surface area contributed by atoms with E-state index in [0.717, 1.165) is 16.9 Å². The molecule has 0 aliphatic carbocycles. The Balaban J connectivity index is 1.72. The molecule has 0 saturated carbocycles. The molecule has 2 aromatic carbocycles. The van der Waals surface area contributed by atoms with E-state index in [1.54, 1.807) is 7.11 Å². The first-order chi connectivity index (χ1) is 13.1. The quantitative estimate of drug-likeness (QED) is 0.702. The average molecular weight is 369 g/mol. The van der Waals surface area contributed by atoms with Gasteiger partial charge in [0, 0.05) is 5.56 Å². The summed E-state index contributed by atoms with van der Waals surface area (Å²) in [5.41, 5.74) is 1.82. The summed E-state index contributed by atoms with van der Waals surface area (Å²) in [6.45, 7) is 2.30. The van der Waals surface area contributed by atoms with Gasteiger partial charge in [-0.25, -0.2) is 9.79 Å². The molecule has 142 valence electrons. The van der Waals surface area contributed by atoms with Gasteiger partial charge in [-0.15, -0.1) is 0 Å². The van der Waals surface area contributed by atoms with Crippen LogP contribution in [0.5, 0.6) is 5.75 Å². The first-order valence-corrected chi connectivity index (χ1v) is 8.74. The Bertz CT molecular complexity index is 788. The van der Waals surface area contributed by atoms with E-state index in [1.165, 1.54) is 7.11 Å². The molecule has 27 heavy (non-hydrogen) atoms. The number of hydrogen-bond acceptors (Lipinski definition) is 6. The van der Waals surface area contributed by atoms with Gasteiger partial charge in [-0.2, -0.15) is 0 Å². The van der Waals surface area contributed by atoms with Crippen LogP contribution in [-0.2, 0) is 25.6 Å². The zero-order chi connectivity index (χ0) is 19.2. The molecule has 3 rings (SSSR count). The van der Waals surface area contributed by atoms with Crippen LogP contribution >= 0.6 is 0 Å². The van der Waals surface area contributed by atoms with Crippen molar-refractivity contribution < 1.29 is 23.7 Å². The number of ether oxygens (including phenoxy) is 4. The fourth-order valence-corrected chi connectivity index (χ4v) is 2.86. The van der Waals surface area contributed by atoms with Crippen LogP contribution in [0.2, 0.25) is 0 Å². The third-order valence-electron chi connectivity index (χ3n) is 4.41. The molecule has 0 unspecified atom stereocenters. The molecule has 1 aliphatic rings. The van der Waals surface area contributed by atoms with Crippen LogP contribution in [0.3, 0.4) is 0 Å². The summed E-state index contributed by atoms with van der Waals surface area (Å²) in [5.74, 6) is 0.685. The minimum Gasteiger partial charge on any atom is -0.497 e. The maximum atomic E-state index is 12.2. The van der Waals surface area contributed by atoms with Crippen molar-refractivity contribution in [2.75, 3.05) is 14.2 Å². The SMILES string of the molecule is COC(=O)[C@H]1N=C(c2ccc(OC)cc2)O[C@H]1[C@H](C)OCc1ccccc1. The number of carbonyl (C=O) groups excluding carboxylic acids is 1. The minimum atomic E-state index is -0.766. The van der Waals surface area contributed by atoms with Crippen LogP contribution in [0, 0.1) is 0 Å². The fraction of sp³-hybridized carbons (Fsp3) is 0.333. The Kier molecular flexibility index (Phi) is 6.08. The Hall–Kier alpha value is -2.86. The third kappa shape index (κ3) is 4.46. The van der Waals surface area contributed by atoms with Gasteiger partial charge in [-0.05, 0) is 36.8 Å². The second-order valence-electron chi connectivity index (χ2n) is 6.21. The van der Waals surface area contributed by atoms with E-state index in [4.69, 9.17) is 18.9 Å². The predicted molar refractivity (Wildman–Crippen MR) is 101 cm³/mol. The highest BCUT2D eigenvalue weighted by molar-refractivity contribution is 5.98. The molecular weight excluding hydrogens is 346 g/mol. The summed E-state index contributed by atoms with van der Waals surface area (Å²) in [7, 11) is 2.95. The molecule has 0 bridgehead atoms. The van der Waals surface area contributed by atoms with Crippen LogP contribution in [-0.4, -0.2) is 44.3 Å². The average Bonchev–Trinajstić information content (AvgIpc) is 3.18. The predicted octanol–water partition coefficient (Wildman–Crippen LogP) is 2.99. The molecule has 2 aromatic rings. The molecule has 0 N–H and O–H groups in total. The van der Waals surface area contributed by atoms with E-state index in [9.17, 15) is 4.79 Å². The first kappa shape index (κ1) is 18.9. The Labute approximate surface area is 158 Å². The van der Waals surface area contributed by atoms with Gasteiger partial charge in [-0.3, -0.25) is 0 Å². The summed E-state index contributed by atoms with van der Waals surface area (Å²) in [6.07, 6.45) is -0.910. The van der Waals surface area contributed by atoms with Gasteiger partial charge in [-0.1, -0.05) is 30.3 Å². The van der Waals surface area contributed by atoms with Crippen LogP contribution in [0.25, 0.3) is 0 Å². The molecule has 1 aliphatic heterocycles. The minimum absolute atomic E-state index is 0.353. The Morgan fingerprint density at radius 2 is 1.81 bits per heavy atom. The van der Waals surface area contributed by atoms with Crippen molar-refractivity contribution in [3.05, 3.63) is 65.7 Å². The normalized spacial score (nSPS) is 19.7. The largest absolute Gasteiger partial charge is 0.497 e. The van der Waals surface area contributed by atoms with Crippen molar-refractivity contribution in [1.29, 1.82) is 0 Å². The first-order valence-electron chi connectivity index (χ1n) is 8.74. The van der Waals surface area contributed by atoms with Crippen molar-refractivity contribution in [3.63, 3.8) is 0 Å². The number of benzene rings is 2. The van der Waals surface area contributed by atoms with E-state index in [0.29, 0.717) is 12.5 Å². The van der Waals surface area contributed by atoms with Crippen molar-refractivity contribution in [1.82, 2.24) is 0 Å². The molecule has 3 atom stereocenters. The zero-order valence-electron chi connectivity index (χ0n) is 15.6. The van der Waals surface area contributed by atoms with Crippen molar-refractivity contribution in [2.45, 2.75) is 31.8 Å². The van der Waals surface area contributed by atoms with Crippen LogP contribution in [0.15, 0.2) is 59.6 Å². The number of nitrogens with zero attached hydrogens (tertiary/aromatic N) is 1. The molecular formula is C21H23NO5. The lowest BCUT2D eigenvalue weighted by atomic mass is 10.1. The number of aliphatic imine (C=N–C) groups is 1. The lowest BCUT2D eigenvalue weighted by Gasteiger charge is -2.23. The van der Waals surface area contributed by atoms with Crippen molar-refractivity contribution in [3.8, 4) is 5.75 Å². The summed E-state index contributed by atoms with van der Waals surface area (Å²) >= 11 is 0. The number of esters is 1. The van der Waals surface area contributed by atoms with Crippen LogP contribution < -0.4 is 4.74 Å². The molecule has 6 heteroatoms. The van der Waals surface area contributed by atoms with E-state index in [2.05, 4.69) is 4.99 Å². The van der Waals surface area contributed by atoms with E-state index in [1.807, 2.05) is 61.5 Å². The Morgan fingerprint density at radius 3 is 2.44 bits per heavy atom. The van der Waals surface area contributed by atoms with Gasteiger partial charge in [0.15, 0.2) is 12.1 Å². The topological polar surface area (TPSA) is 66.4 Å². The van der Waals surface area contributed by atoms with E-state index < -0.39 is 18.1 Å². The number of carbonyl (C=O) groups is 1. The zero-order valence-corrected chi connectivity index (χ0v) is 15.6. The van der Waals surface area contributed by atoms with Crippen LogP contribution in [0.1, 0.15) is 18.1 Å². The van der Waals surface area contributed by atoms with Gasteiger partial charge in [0.1, 0.15) is 5.75 Å². The summed E-state index contributed by atoms with van der Waals surface area (Å²) in [5, 5.41) is 0. The maximum Gasteiger partial charge on any atom is 0.334 e. The lowest BCUT2D eigenvalue weighted by Crippen LogP contribution is -2.40. The van der Waals surface area contributed by atoms with E-state index in [-0.39, 0.29) is 6.10 Å². The highest BCUT2D eigenvalue weighted by Crippen LogP contribution is 2.25. The van der Waals surface area contributed by atoms with Crippen LogP contribution in [0.4, 0.5) is 0 Å². The highest BCUT2D eigenvalue weighted by atomic mass is 16.6. The molecule has 0 aromatic heterocycles. The molecule has 0 radical (unpaired) electrons. The Morgan fingerprint density at radius 1 is 1.11 bits per heavy atom. The third-order valence-corrected chi connectivity index (χ3v) is 4.41. The smallest absolute Gasteiger partial charge is 0.334 e. The molecule has 0 saturated heterocycles. The number of hydrogen-bond donors (Lipinski definition) is 0. The van der Waals surface area contributed by atoms with E-state index >= 15 is 0 Å². The summed E-state index contributed by atoms with van der Waals surface area (Å²) < 4.78 is 22.0. The second kappa shape index (κ2) is 8.68. The molecule has 6 nitrogen and oxygen atoms in total. The number of rotatable bonds is 7. The monoisotopic (exact) mass is 369 g/mol.